The zero-order valence-electron chi connectivity index (χ0n) is 12.0. The lowest BCUT2D eigenvalue weighted by atomic mass is 9.93. The molecule has 3 unspecified atom stereocenters. The lowest BCUT2D eigenvalue weighted by Crippen LogP contribution is -2.34. The van der Waals surface area contributed by atoms with Gasteiger partial charge in [-0.1, -0.05) is 25.1 Å². The monoisotopic (exact) mass is 286 g/mol. The molecule has 2 aliphatic rings. The fourth-order valence-electron chi connectivity index (χ4n) is 4.23. The van der Waals surface area contributed by atoms with E-state index >= 15 is 0 Å². The molecule has 3 heteroatoms. The maximum Gasteiger partial charge on any atom is 0.0346 e. The van der Waals surface area contributed by atoms with Crippen molar-refractivity contribution in [2.24, 2.45) is 11.8 Å². The van der Waals surface area contributed by atoms with Gasteiger partial charge in [0, 0.05) is 23.8 Å². The third-order valence-corrected chi connectivity index (χ3v) is 6.19. The van der Waals surface area contributed by atoms with Gasteiger partial charge in [-0.2, -0.15) is 0 Å². The summed E-state index contributed by atoms with van der Waals surface area (Å²) in [6.07, 6.45) is 1.28. The number of hydrogen-bond acceptors (Lipinski definition) is 3. The first-order valence-electron chi connectivity index (χ1n) is 7.76. The highest BCUT2D eigenvalue weighted by molar-refractivity contribution is 7.17. The predicted octanol–water partition coefficient (Wildman–Crippen LogP) is 3.33. The van der Waals surface area contributed by atoms with Crippen LogP contribution in [0.4, 0.5) is 0 Å². The summed E-state index contributed by atoms with van der Waals surface area (Å²) in [4.78, 5) is 2.74. The smallest absolute Gasteiger partial charge is 0.0346 e. The van der Waals surface area contributed by atoms with E-state index in [0.29, 0.717) is 0 Å². The number of fused-ring (bicyclic) bond motifs is 2. The van der Waals surface area contributed by atoms with E-state index in [0.717, 1.165) is 24.4 Å². The summed E-state index contributed by atoms with van der Waals surface area (Å²) >= 11 is 1.89. The molecule has 0 spiro atoms. The van der Waals surface area contributed by atoms with E-state index < -0.39 is 0 Å². The molecule has 20 heavy (non-hydrogen) atoms. The standard InChI is InChI=1S/C17H22N2S/c1-2-16-15-8-18-7-12(15)9-19(16)10-13-11-20-17-6-4-3-5-14(13)17/h3-6,11-12,15-16,18H,2,7-10H2,1H3. The SMILES string of the molecule is CCC1C2CNCC2CN1Cc1csc2ccccc12. The third-order valence-electron chi connectivity index (χ3n) is 5.18. The van der Waals surface area contributed by atoms with Crippen molar-refractivity contribution in [1.82, 2.24) is 10.2 Å². The van der Waals surface area contributed by atoms with Gasteiger partial charge in [0.2, 0.25) is 0 Å². The molecule has 0 saturated carbocycles. The Morgan fingerprint density at radius 3 is 3.10 bits per heavy atom. The van der Waals surface area contributed by atoms with Gasteiger partial charge in [0.1, 0.15) is 0 Å². The van der Waals surface area contributed by atoms with Crippen LogP contribution in [-0.4, -0.2) is 30.6 Å². The molecule has 0 bridgehead atoms. The average molecular weight is 286 g/mol. The van der Waals surface area contributed by atoms with Gasteiger partial charge in [0.25, 0.3) is 0 Å². The lowest BCUT2D eigenvalue weighted by Gasteiger charge is -2.26. The average Bonchev–Trinajstić information content (AvgIpc) is 3.14. The van der Waals surface area contributed by atoms with Crippen molar-refractivity contribution >= 4 is 21.4 Å². The molecule has 0 amide bonds. The van der Waals surface area contributed by atoms with Crippen molar-refractivity contribution in [2.45, 2.75) is 25.9 Å². The van der Waals surface area contributed by atoms with Crippen LogP contribution in [0.1, 0.15) is 18.9 Å². The number of likely N-dealkylation sites (tertiary alicyclic amines) is 1. The number of hydrogen-bond donors (Lipinski definition) is 1. The van der Waals surface area contributed by atoms with E-state index in [1.807, 2.05) is 11.3 Å². The first-order valence-corrected chi connectivity index (χ1v) is 8.64. The summed E-state index contributed by atoms with van der Waals surface area (Å²) in [7, 11) is 0. The molecule has 2 saturated heterocycles. The molecule has 3 atom stereocenters. The van der Waals surface area contributed by atoms with E-state index in [-0.39, 0.29) is 0 Å². The largest absolute Gasteiger partial charge is 0.316 e. The van der Waals surface area contributed by atoms with E-state index in [1.165, 1.54) is 41.7 Å². The topological polar surface area (TPSA) is 15.3 Å². The van der Waals surface area contributed by atoms with Gasteiger partial charge < -0.3 is 5.32 Å². The van der Waals surface area contributed by atoms with Crippen LogP contribution in [0.15, 0.2) is 29.6 Å². The first kappa shape index (κ1) is 12.8. The Morgan fingerprint density at radius 2 is 2.20 bits per heavy atom. The summed E-state index contributed by atoms with van der Waals surface area (Å²) in [5, 5.41) is 7.40. The van der Waals surface area contributed by atoms with Gasteiger partial charge in [0.15, 0.2) is 0 Å². The van der Waals surface area contributed by atoms with Crippen LogP contribution < -0.4 is 5.32 Å². The zero-order valence-corrected chi connectivity index (χ0v) is 12.8. The Labute approximate surface area is 124 Å². The highest BCUT2D eigenvalue weighted by atomic mass is 32.1. The summed E-state index contributed by atoms with van der Waals surface area (Å²) < 4.78 is 1.43. The zero-order chi connectivity index (χ0) is 13.5. The number of nitrogens with one attached hydrogen (secondary N) is 1. The minimum Gasteiger partial charge on any atom is -0.316 e. The third kappa shape index (κ3) is 2.00. The number of nitrogens with zero attached hydrogens (tertiary/aromatic N) is 1. The number of benzene rings is 1. The van der Waals surface area contributed by atoms with Crippen LogP contribution in [0, 0.1) is 11.8 Å². The van der Waals surface area contributed by atoms with Crippen LogP contribution in [0.25, 0.3) is 10.1 Å². The van der Waals surface area contributed by atoms with Crippen LogP contribution in [0.5, 0.6) is 0 Å². The highest BCUT2D eigenvalue weighted by Crippen LogP contribution is 2.36. The van der Waals surface area contributed by atoms with Gasteiger partial charge in [0.05, 0.1) is 0 Å². The Kier molecular flexibility index (Phi) is 3.29. The van der Waals surface area contributed by atoms with Crippen LogP contribution in [-0.2, 0) is 6.54 Å². The Hall–Kier alpha value is -0.900. The normalized spacial score (nSPS) is 30.1. The molecular formula is C17H22N2S. The summed E-state index contributed by atoms with van der Waals surface area (Å²) in [5.74, 6) is 1.76. The Balaban J connectivity index is 1.59. The number of thiophene rings is 1. The lowest BCUT2D eigenvalue weighted by molar-refractivity contribution is 0.211. The molecule has 4 rings (SSSR count). The van der Waals surface area contributed by atoms with Crippen LogP contribution in [0.2, 0.25) is 0 Å². The Morgan fingerprint density at radius 1 is 1.30 bits per heavy atom. The first-order chi connectivity index (χ1) is 9.86. The fourth-order valence-corrected chi connectivity index (χ4v) is 5.18. The molecule has 0 radical (unpaired) electrons. The number of rotatable bonds is 3. The quantitative estimate of drug-likeness (QED) is 0.931. The van der Waals surface area contributed by atoms with Crippen molar-refractivity contribution in [3.63, 3.8) is 0 Å². The van der Waals surface area contributed by atoms with Gasteiger partial charge in [-0.15, -0.1) is 11.3 Å². The van der Waals surface area contributed by atoms with Crippen LogP contribution >= 0.6 is 11.3 Å². The minimum absolute atomic E-state index is 0.772. The maximum atomic E-state index is 3.57. The molecule has 3 heterocycles. The van der Waals surface area contributed by atoms with Crippen molar-refractivity contribution in [3.8, 4) is 0 Å². The van der Waals surface area contributed by atoms with E-state index in [4.69, 9.17) is 0 Å². The maximum absolute atomic E-state index is 3.57. The molecule has 1 aromatic carbocycles. The van der Waals surface area contributed by atoms with Crippen molar-refractivity contribution in [3.05, 3.63) is 35.2 Å². The van der Waals surface area contributed by atoms with E-state index in [1.54, 1.807) is 0 Å². The minimum atomic E-state index is 0.772. The summed E-state index contributed by atoms with van der Waals surface area (Å²) in [5.41, 5.74) is 1.52. The van der Waals surface area contributed by atoms with Gasteiger partial charge >= 0.3 is 0 Å². The van der Waals surface area contributed by atoms with Crippen molar-refractivity contribution in [2.75, 3.05) is 19.6 Å². The molecule has 1 N–H and O–H groups in total. The predicted molar refractivity (Wildman–Crippen MR) is 86.2 cm³/mol. The molecule has 106 valence electrons. The van der Waals surface area contributed by atoms with Crippen molar-refractivity contribution in [1.29, 1.82) is 0 Å². The molecule has 1 aromatic heterocycles. The molecule has 2 nitrogen and oxygen atoms in total. The summed E-state index contributed by atoms with van der Waals surface area (Å²) in [6.45, 7) is 7.21. The van der Waals surface area contributed by atoms with Crippen LogP contribution in [0.3, 0.4) is 0 Å². The molecule has 2 fully saturated rings. The highest BCUT2D eigenvalue weighted by Gasteiger charge is 2.42. The van der Waals surface area contributed by atoms with Gasteiger partial charge in [-0.3, -0.25) is 4.90 Å². The molecule has 2 aromatic rings. The van der Waals surface area contributed by atoms with E-state index in [2.05, 4.69) is 46.8 Å². The molecule has 2 aliphatic heterocycles. The second kappa shape index (κ2) is 5.14. The summed E-state index contributed by atoms with van der Waals surface area (Å²) in [6, 6.07) is 9.60. The fraction of sp³-hybridized carbons (Fsp3) is 0.529. The van der Waals surface area contributed by atoms with Crippen molar-refractivity contribution < 1.29 is 0 Å². The molecular weight excluding hydrogens is 264 g/mol. The van der Waals surface area contributed by atoms with Gasteiger partial charge in [-0.05, 0) is 53.7 Å². The second-order valence-corrected chi connectivity index (χ2v) is 7.16. The second-order valence-electron chi connectivity index (χ2n) is 6.24. The molecule has 0 aliphatic carbocycles. The Bertz CT molecular complexity index is 606. The van der Waals surface area contributed by atoms with Gasteiger partial charge in [-0.25, -0.2) is 0 Å². The van der Waals surface area contributed by atoms with E-state index in [9.17, 15) is 0 Å².